The molecule has 0 heterocycles. The molecule has 0 aliphatic rings. The van der Waals surface area contributed by atoms with Crippen LogP contribution in [0.15, 0.2) is 107 Å². The van der Waals surface area contributed by atoms with E-state index in [0.29, 0.717) is 30.4 Å². The maximum absolute atomic E-state index is 12.7. The predicted octanol–water partition coefficient (Wildman–Crippen LogP) is 5.66. The molecule has 0 unspecified atom stereocenters. The molecule has 4 aromatic rings. The average Bonchev–Trinajstić information content (AvgIpc) is 2.95. The molecule has 0 bridgehead atoms. The van der Waals surface area contributed by atoms with Crippen molar-refractivity contribution in [1.82, 2.24) is 0 Å². The van der Waals surface area contributed by atoms with Gasteiger partial charge in [-0.1, -0.05) is 6.07 Å². The van der Waals surface area contributed by atoms with Crippen molar-refractivity contribution < 1.29 is 39.5 Å². The summed E-state index contributed by atoms with van der Waals surface area (Å²) in [5, 5.41) is 5.19. The van der Waals surface area contributed by atoms with Gasteiger partial charge in [0.05, 0.1) is 13.2 Å². The van der Waals surface area contributed by atoms with Crippen molar-refractivity contribution in [3.8, 4) is 23.0 Å². The summed E-state index contributed by atoms with van der Waals surface area (Å²) in [6.07, 6.45) is 0. The van der Waals surface area contributed by atoms with E-state index in [1.807, 2.05) is 13.8 Å². The molecule has 0 aromatic heterocycles. The monoisotopic (exact) mass is 612 g/mol. The zero-order chi connectivity index (χ0) is 30.2. The molecule has 2 amide bonds. The number of amides is 2. The topological polar surface area (TPSA) is 146 Å². The number of rotatable bonds is 12. The first kappa shape index (κ1) is 30.2. The molecule has 4 aromatic carbocycles. The Morgan fingerprint density at radius 3 is 1.52 bits per heavy atom. The van der Waals surface area contributed by atoms with E-state index in [9.17, 15) is 21.6 Å². The Labute approximate surface area is 244 Å². The van der Waals surface area contributed by atoms with Crippen LogP contribution in [0.5, 0.6) is 23.0 Å². The maximum atomic E-state index is 12.7. The second kappa shape index (κ2) is 13.3. The highest BCUT2D eigenvalue weighted by Gasteiger charge is 2.18. The van der Waals surface area contributed by atoms with Crippen molar-refractivity contribution in [1.29, 1.82) is 0 Å². The highest BCUT2D eigenvalue weighted by Crippen LogP contribution is 2.25. The number of carbonyl (C=O) groups excluding carboxylic acids is 1. The fourth-order valence-electron chi connectivity index (χ4n) is 3.60. The Balaban J connectivity index is 1.34. The van der Waals surface area contributed by atoms with Crippen LogP contribution < -0.4 is 28.5 Å². The van der Waals surface area contributed by atoms with E-state index in [2.05, 4.69) is 10.6 Å². The third kappa shape index (κ3) is 8.15. The van der Waals surface area contributed by atoms with Gasteiger partial charge in [-0.05, 0) is 98.8 Å². The summed E-state index contributed by atoms with van der Waals surface area (Å²) in [6.45, 7) is 4.55. The van der Waals surface area contributed by atoms with Gasteiger partial charge in [-0.3, -0.25) is 0 Å². The first-order valence-corrected chi connectivity index (χ1v) is 15.5. The Kier molecular flexibility index (Phi) is 9.55. The lowest BCUT2D eigenvalue weighted by Gasteiger charge is -2.11. The molecule has 0 aliphatic heterocycles. The standard InChI is InChI=1S/C29H28N2O9S2/c1-3-37-23-12-16-27(17-13-23)41(33,34)39-25-10-8-21(9-11-25)30-29(32)31-22-6-5-7-26(20-22)40-42(35,36)28-18-14-24(15-19-28)38-4-2/h5-20H,3-4H2,1-2H3,(H2,30,31,32). The lowest BCUT2D eigenvalue weighted by atomic mass is 10.3. The second-order valence-corrected chi connectivity index (χ2v) is 11.6. The van der Waals surface area contributed by atoms with Gasteiger partial charge >= 0.3 is 26.3 Å². The molecule has 220 valence electrons. The van der Waals surface area contributed by atoms with Crippen molar-refractivity contribution >= 4 is 37.6 Å². The fourth-order valence-corrected chi connectivity index (χ4v) is 5.45. The quantitative estimate of drug-likeness (QED) is 0.193. The number of carbonyl (C=O) groups is 1. The van der Waals surface area contributed by atoms with E-state index in [0.717, 1.165) is 0 Å². The molecule has 13 heteroatoms. The zero-order valence-corrected chi connectivity index (χ0v) is 24.3. The number of hydrogen-bond donors (Lipinski definition) is 2. The highest BCUT2D eigenvalue weighted by molar-refractivity contribution is 7.87. The van der Waals surface area contributed by atoms with E-state index < -0.39 is 26.3 Å². The molecule has 2 N–H and O–H groups in total. The molecule has 0 atom stereocenters. The van der Waals surface area contributed by atoms with Crippen LogP contribution in [-0.4, -0.2) is 36.1 Å². The molecular weight excluding hydrogens is 584 g/mol. The Morgan fingerprint density at radius 2 is 1.02 bits per heavy atom. The van der Waals surface area contributed by atoms with Crippen molar-refractivity contribution in [3.05, 3.63) is 97.1 Å². The third-order valence-corrected chi connectivity index (χ3v) is 7.99. The zero-order valence-electron chi connectivity index (χ0n) is 22.6. The molecule has 0 aliphatic carbocycles. The summed E-state index contributed by atoms with van der Waals surface area (Å²) in [5.74, 6) is 1.12. The Morgan fingerprint density at radius 1 is 0.571 bits per heavy atom. The number of benzene rings is 4. The molecule has 0 fully saturated rings. The fraction of sp³-hybridized carbons (Fsp3) is 0.138. The van der Waals surface area contributed by atoms with Gasteiger partial charge < -0.3 is 28.5 Å². The van der Waals surface area contributed by atoms with Gasteiger partial charge in [0.1, 0.15) is 32.8 Å². The van der Waals surface area contributed by atoms with Gasteiger partial charge in [-0.25, -0.2) is 4.79 Å². The van der Waals surface area contributed by atoms with Crippen molar-refractivity contribution in [2.45, 2.75) is 23.6 Å². The molecule has 4 rings (SSSR count). The van der Waals surface area contributed by atoms with Gasteiger partial charge in [-0.2, -0.15) is 16.8 Å². The molecule has 0 saturated carbocycles. The van der Waals surface area contributed by atoms with E-state index in [1.54, 1.807) is 6.07 Å². The van der Waals surface area contributed by atoms with Crippen LogP contribution in [0.4, 0.5) is 16.2 Å². The van der Waals surface area contributed by atoms with E-state index in [1.165, 1.54) is 91.0 Å². The van der Waals surface area contributed by atoms with Crippen LogP contribution >= 0.6 is 0 Å². The van der Waals surface area contributed by atoms with E-state index >= 15 is 0 Å². The van der Waals surface area contributed by atoms with Gasteiger partial charge in [0.2, 0.25) is 0 Å². The molecule has 0 spiro atoms. The summed E-state index contributed by atoms with van der Waals surface area (Å²) < 4.78 is 71.5. The van der Waals surface area contributed by atoms with Crippen LogP contribution in [0, 0.1) is 0 Å². The number of ether oxygens (including phenoxy) is 2. The maximum Gasteiger partial charge on any atom is 0.339 e. The highest BCUT2D eigenvalue weighted by atomic mass is 32.2. The van der Waals surface area contributed by atoms with E-state index in [4.69, 9.17) is 17.8 Å². The number of anilines is 2. The van der Waals surface area contributed by atoms with Crippen molar-refractivity contribution in [3.63, 3.8) is 0 Å². The minimum absolute atomic E-state index is 0.00285. The van der Waals surface area contributed by atoms with Crippen molar-refractivity contribution in [2.75, 3.05) is 23.8 Å². The molecule has 42 heavy (non-hydrogen) atoms. The molecule has 0 radical (unpaired) electrons. The van der Waals surface area contributed by atoms with E-state index in [-0.39, 0.29) is 27.0 Å². The minimum Gasteiger partial charge on any atom is -0.494 e. The summed E-state index contributed by atoms with van der Waals surface area (Å²) >= 11 is 0. The minimum atomic E-state index is -4.12. The Bertz CT molecular complexity index is 1720. The summed E-state index contributed by atoms with van der Waals surface area (Å²) in [5.41, 5.74) is 0.622. The first-order valence-electron chi connectivity index (χ1n) is 12.7. The largest absolute Gasteiger partial charge is 0.494 e. The van der Waals surface area contributed by atoms with Gasteiger partial charge in [0.15, 0.2) is 0 Å². The van der Waals surface area contributed by atoms with Gasteiger partial charge in [0, 0.05) is 17.4 Å². The SMILES string of the molecule is CCOc1ccc(S(=O)(=O)Oc2ccc(NC(=O)Nc3cccc(OS(=O)(=O)c4ccc(OCC)cc4)c3)cc2)cc1. The van der Waals surface area contributed by atoms with Crippen LogP contribution in [-0.2, 0) is 20.2 Å². The summed E-state index contributed by atoms with van der Waals surface area (Å²) in [4.78, 5) is 12.4. The number of urea groups is 1. The van der Waals surface area contributed by atoms with Crippen LogP contribution in [0.2, 0.25) is 0 Å². The van der Waals surface area contributed by atoms with Crippen LogP contribution in [0.3, 0.4) is 0 Å². The summed E-state index contributed by atoms with van der Waals surface area (Å²) in [6, 6.07) is 22.6. The summed E-state index contributed by atoms with van der Waals surface area (Å²) in [7, 11) is -8.20. The third-order valence-electron chi connectivity index (χ3n) is 5.46. The predicted molar refractivity (Wildman–Crippen MR) is 156 cm³/mol. The molecular formula is C29H28N2O9S2. The average molecular weight is 613 g/mol. The normalized spacial score (nSPS) is 11.3. The van der Waals surface area contributed by atoms with Crippen molar-refractivity contribution in [2.24, 2.45) is 0 Å². The first-order chi connectivity index (χ1) is 20.1. The van der Waals surface area contributed by atoms with Crippen LogP contribution in [0.1, 0.15) is 13.8 Å². The smallest absolute Gasteiger partial charge is 0.339 e. The molecule has 11 nitrogen and oxygen atoms in total. The van der Waals surface area contributed by atoms with Gasteiger partial charge in [0.25, 0.3) is 0 Å². The Hall–Kier alpha value is -4.75. The lowest BCUT2D eigenvalue weighted by molar-refractivity contribution is 0.262. The van der Waals surface area contributed by atoms with Gasteiger partial charge in [-0.15, -0.1) is 0 Å². The number of hydrogen-bond acceptors (Lipinski definition) is 9. The second-order valence-electron chi connectivity index (χ2n) is 8.52. The molecule has 0 saturated heterocycles. The lowest BCUT2D eigenvalue weighted by Crippen LogP contribution is -2.19. The number of nitrogens with one attached hydrogen (secondary N) is 2. The van der Waals surface area contributed by atoms with Crippen LogP contribution in [0.25, 0.3) is 0 Å².